The quantitative estimate of drug-likeness (QED) is 0.461. The third-order valence-electron chi connectivity index (χ3n) is 4.11. The summed E-state index contributed by atoms with van der Waals surface area (Å²) >= 11 is 0. The van der Waals surface area contributed by atoms with Crippen LogP contribution in [0.3, 0.4) is 0 Å². The highest BCUT2D eigenvalue weighted by atomic mass is 32.2. The SMILES string of the molecule is COC(=O)c1cc(O)ccc1NS(=O)(=O)c1c(C)cc(C)c(NS(C)(=O)=O)c1C. The smallest absolute Gasteiger partial charge is 0.340 e. The van der Waals surface area contributed by atoms with Crippen LogP contribution in [0.25, 0.3) is 0 Å². The molecule has 2 aromatic rings. The molecule has 29 heavy (non-hydrogen) atoms. The summed E-state index contributed by atoms with van der Waals surface area (Å²) in [4.78, 5) is 11.8. The molecule has 0 aliphatic heterocycles. The van der Waals surface area contributed by atoms with E-state index in [2.05, 4.69) is 14.2 Å². The lowest BCUT2D eigenvalue weighted by Crippen LogP contribution is -2.20. The molecule has 158 valence electrons. The molecule has 0 bridgehead atoms. The molecule has 0 spiro atoms. The molecule has 2 aromatic carbocycles. The number of aryl methyl sites for hydroxylation is 2. The lowest BCUT2D eigenvalue weighted by atomic mass is 10.1. The van der Waals surface area contributed by atoms with Crippen molar-refractivity contribution in [2.24, 2.45) is 0 Å². The van der Waals surface area contributed by atoms with Crippen molar-refractivity contribution in [1.82, 2.24) is 0 Å². The molecule has 0 aliphatic rings. The summed E-state index contributed by atoms with van der Waals surface area (Å²) in [7, 11) is -6.73. The molecule has 0 amide bonds. The summed E-state index contributed by atoms with van der Waals surface area (Å²) in [5.74, 6) is -1.08. The van der Waals surface area contributed by atoms with Crippen LogP contribution in [-0.2, 0) is 24.8 Å². The van der Waals surface area contributed by atoms with E-state index < -0.39 is 26.0 Å². The maximum Gasteiger partial charge on any atom is 0.340 e. The van der Waals surface area contributed by atoms with Crippen molar-refractivity contribution in [1.29, 1.82) is 0 Å². The number of phenols is 1. The van der Waals surface area contributed by atoms with E-state index in [9.17, 15) is 26.7 Å². The van der Waals surface area contributed by atoms with Crippen molar-refractivity contribution in [3.63, 3.8) is 0 Å². The summed E-state index contributed by atoms with van der Waals surface area (Å²) in [5, 5.41) is 9.61. The van der Waals surface area contributed by atoms with E-state index >= 15 is 0 Å². The second kappa shape index (κ2) is 7.91. The topological polar surface area (TPSA) is 139 Å². The number of ether oxygens (including phenoxy) is 1. The number of hydrogen-bond acceptors (Lipinski definition) is 7. The molecular formula is C18H22N2O7S2. The number of carbonyl (C=O) groups is 1. The minimum atomic E-state index is -4.22. The van der Waals surface area contributed by atoms with Gasteiger partial charge in [-0.25, -0.2) is 21.6 Å². The van der Waals surface area contributed by atoms with Crippen molar-refractivity contribution < 1.29 is 31.5 Å². The summed E-state index contributed by atoms with van der Waals surface area (Å²) in [5.41, 5.74) is 1.06. The van der Waals surface area contributed by atoms with Gasteiger partial charge in [0.25, 0.3) is 10.0 Å². The van der Waals surface area contributed by atoms with Crippen LogP contribution in [0.15, 0.2) is 29.2 Å². The van der Waals surface area contributed by atoms with E-state index in [0.29, 0.717) is 11.1 Å². The Kier molecular flexibility index (Phi) is 6.14. The van der Waals surface area contributed by atoms with Crippen LogP contribution in [0, 0.1) is 20.8 Å². The number of aromatic hydroxyl groups is 1. The van der Waals surface area contributed by atoms with Crippen molar-refractivity contribution >= 4 is 37.4 Å². The maximum absolute atomic E-state index is 13.1. The number of phenolic OH excluding ortho intramolecular Hbond substituents is 1. The molecule has 0 aliphatic carbocycles. The molecule has 11 heteroatoms. The Morgan fingerprint density at radius 2 is 1.62 bits per heavy atom. The minimum Gasteiger partial charge on any atom is -0.508 e. The third-order valence-corrected chi connectivity index (χ3v) is 6.34. The standard InChI is InChI=1S/C18H22N2O7S2/c1-10-8-11(2)17(12(3)16(10)20-28(5,23)24)29(25,26)19-15-7-6-13(21)9-14(15)18(22)27-4/h6-9,19-21H,1-5H3. The first-order valence-electron chi connectivity index (χ1n) is 8.29. The Hall–Kier alpha value is -2.79. The lowest BCUT2D eigenvalue weighted by molar-refractivity contribution is 0.0601. The summed E-state index contributed by atoms with van der Waals surface area (Å²) in [6.07, 6.45) is 0.969. The van der Waals surface area contributed by atoms with E-state index in [0.717, 1.165) is 19.4 Å². The number of rotatable bonds is 6. The molecule has 0 saturated carbocycles. The first-order chi connectivity index (χ1) is 13.3. The second-order valence-electron chi connectivity index (χ2n) is 6.54. The number of carbonyl (C=O) groups excluding carboxylic acids is 1. The third kappa shape index (κ3) is 4.98. The van der Waals surface area contributed by atoms with Gasteiger partial charge in [0.2, 0.25) is 10.0 Å². The number of benzene rings is 2. The highest BCUT2D eigenvalue weighted by Gasteiger charge is 2.26. The summed E-state index contributed by atoms with van der Waals surface area (Å²) in [6, 6.07) is 5.08. The van der Waals surface area contributed by atoms with Crippen LogP contribution in [0.1, 0.15) is 27.0 Å². The predicted octanol–water partition coefficient (Wildman–Crippen LogP) is 2.28. The monoisotopic (exact) mass is 442 g/mol. The first kappa shape index (κ1) is 22.5. The fourth-order valence-corrected chi connectivity index (χ4v) is 5.26. The molecule has 0 saturated heterocycles. The van der Waals surface area contributed by atoms with Gasteiger partial charge in [-0.05, 0) is 55.7 Å². The molecule has 3 N–H and O–H groups in total. The van der Waals surface area contributed by atoms with Gasteiger partial charge in [0, 0.05) is 0 Å². The van der Waals surface area contributed by atoms with Crippen molar-refractivity contribution in [2.45, 2.75) is 25.7 Å². The van der Waals surface area contributed by atoms with Crippen LogP contribution < -0.4 is 9.44 Å². The van der Waals surface area contributed by atoms with Crippen molar-refractivity contribution in [3.8, 4) is 5.75 Å². The van der Waals surface area contributed by atoms with Crippen LogP contribution in [-0.4, -0.2) is 41.3 Å². The average Bonchev–Trinajstić information content (AvgIpc) is 2.58. The fourth-order valence-electron chi connectivity index (χ4n) is 3.02. The molecule has 0 atom stereocenters. The Morgan fingerprint density at radius 3 is 2.17 bits per heavy atom. The van der Waals surface area contributed by atoms with Gasteiger partial charge in [0.05, 0.1) is 35.2 Å². The molecule has 2 rings (SSSR count). The van der Waals surface area contributed by atoms with Crippen LogP contribution >= 0.6 is 0 Å². The summed E-state index contributed by atoms with van der Waals surface area (Å²) in [6.45, 7) is 4.73. The zero-order valence-electron chi connectivity index (χ0n) is 16.5. The van der Waals surface area contributed by atoms with Crippen molar-refractivity contribution in [3.05, 3.63) is 46.5 Å². The Morgan fingerprint density at radius 1 is 1.00 bits per heavy atom. The van der Waals surface area contributed by atoms with Crippen LogP contribution in [0.5, 0.6) is 5.75 Å². The van der Waals surface area contributed by atoms with Gasteiger partial charge in [-0.3, -0.25) is 9.44 Å². The van der Waals surface area contributed by atoms with Crippen molar-refractivity contribution in [2.75, 3.05) is 22.8 Å². The molecule has 0 unspecified atom stereocenters. The van der Waals surface area contributed by atoms with Gasteiger partial charge in [-0.2, -0.15) is 0 Å². The number of hydrogen-bond donors (Lipinski definition) is 3. The van der Waals surface area contributed by atoms with Gasteiger partial charge < -0.3 is 9.84 Å². The number of sulfonamides is 2. The normalized spacial score (nSPS) is 11.8. The van der Waals surface area contributed by atoms with Crippen LogP contribution in [0.2, 0.25) is 0 Å². The number of anilines is 2. The largest absolute Gasteiger partial charge is 0.508 e. The van der Waals surface area contributed by atoms with E-state index in [1.54, 1.807) is 19.9 Å². The summed E-state index contributed by atoms with van der Waals surface area (Å²) < 4.78 is 58.9. The zero-order chi connectivity index (χ0) is 22.1. The highest BCUT2D eigenvalue weighted by Crippen LogP contribution is 2.33. The van der Waals surface area contributed by atoms with Crippen LogP contribution in [0.4, 0.5) is 11.4 Å². The maximum atomic E-state index is 13.1. The minimum absolute atomic E-state index is 0.0911. The second-order valence-corrected chi connectivity index (χ2v) is 9.91. The van der Waals surface area contributed by atoms with E-state index in [-0.39, 0.29) is 33.1 Å². The van der Waals surface area contributed by atoms with Gasteiger partial charge in [0.15, 0.2) is 0 Å². The lowest BCUT2D eigenvalue weighted by Gasteiger charge is -2.19. The first-order valence-corrected chi connectivity index (χ1v) is 11.7. The number of nitrogens with one attached hydrogen (secondary N) is 2. The molecule has 0 fully saturated rings. The average molecular weight is 443 g/mol. The zero-order valence-corrected chi connectivity index (χ0v) is 18.2. The van der Waals surface area contributed by atoms with Gasteiger partial charge >= 0.3 is 5.97 Å². The Bertz CT molecular complexity index is 1190. The molecular weight excluding hydrogens is 420 g/mol. The predicted molar refractivity (Wildman–Crippen MR) is 109 cm³/mol. The van der Waals surface area contributed by atoms with E-state index in [1.165, 1.54) is 19.1 Å². The molecule has 0 radical (unpaired) electrons. The molecule has 0 heterocycles. The number of esters is 1. The molecule has 9 nitrogen and oxygen atoms in total. The van der Waals surface area contributed by atoms with E-state index in [4.69, 9.17) is 0 Å². The van der Waals surface area contributed by atoms with Gasteiger partial charge in [0.1, 0.15) is 5.75 Å². The Labute approximate surface area is 169 Å². The molecule has 0 aromatic heterocycles. The fraction of sp³-hybridized carbons (Fsp3) is 0.278. The Balaban J connectivity index is 2.64. The van der Waals surface area contributed by atoms with Gasteiger partial charge in [-0.15, -0.1) is 0 Å². The van der Waals surface area contributed by atoms with E-state index in [1.807, 2.05) is 0 Å². The number of methoxy groups -OCH3 is 1. The highest BCUT2D eigenvalue weighted by molar-refractivity contribution is 7.93. The van der Waals surface area contributed by atoms with Gasteiger partial charge in [-0.1, -0.05) is 6.07 Å².